The third-order valence-corrected chi connectivity index (χ3v) is 3.18. The maximum absolute atomic E-state index is 12.7. The average molecular weight is 316 g/mol. The van der Waals surface area contributed by atoms with E-state index in [2.05, 4.69) is 0 Å². The molecule has 0 bridgehead atoms. The van der Waals surface area contributed by atoms with Crippen LogP contribution in [0.25, 0.3) is 0 Å². The lowest BCUT2D eigenvalue weighted by Gasteiger charge is -2.24. The maximum Gasteiger partial charge on any atom is 0.329 e. The Kier molecular flexibility index (Phi) is 6.39. The summed E-state index contributed by atoms with van der Waals surface area (Å²) >= 11 is 0. The number of ether oxygens (including phenoxy) is 1. The summed E-state index contributed by atoms with van der Waals surface area (Å²) in [6.45, 7) is -0.00504. The zero-order valence-corrected chi connectivity index (χ0v) is 11.7. The molecule has 0 heterocycles. The van der Waals surface area contributed by atoms with Gasteiger partial charge in [-0.1, -0.05) is 30.3 Å². The number of hydrogen-bond acceptors (Lipinski definition) is 5. The molecule has 0 aliphatic rings. The Morgan fingerprint density at radius 2 is 1.86 bits per heavy atom. The molecule has 2 unspecified atom stereocenters. The van der Waals surface area contributed by atoms with Crippen LogP contribution >= 0.6 is 0 Å². The van der Waals surface area contributed by atoms with Crippen molar-refractivity contribution in [1.29, 1.82) is 0 Å². The first-order chi connectivity index (χ1) is 10.3. The van der Waals surface area contributed by atoms with Crippen molar-refractivity contribution in [3.8, 4) is 0 Å². The van der Waals surface area contributed by atoms with Crippen LogP contribution < -0.4 is 11.5 Å². The summed E-state index contributed by atoms with van der Waals surface area (Å²) in [6, 6.07) is 7.59. The van der Waals surface area contributed by atoms with Crippen molar-refractivity contribution in [3.05, 3.63) is 35.9 Å². The highest BCUT2D eigenvalue weighted by Gasteiger charge is 2.44. The van der Waals surface area contributed by atoms with Crippen LogP contribution in [0.3, 0.4) is 0 Å². The quantitative estimate of drug-likeness (QED) is 0.613. The number of halogens is 2. The van der Waals surface area contributed by atoms with Gasteiger partial charge in [-0.2, -0.15) is 0 Å². The van der Waals surface area contributed by atoms with E-state index in [9.17, 15) is 18.4 Å². The second kappa shape index (κ2) is 7.81. The molecule has 6 nitrogen and oxygen atoms in total. The molecule has 0 saturated heterocycles. The predicted octanol–water partition coefficient (Wildman–Crippen LogP) is 0.885. The van der Waals surface area contributed by atoms with E-state index in [1.165, 1.54) is 0 Å². The number of alkyl halides is 2. The van der Waals surface area contributed by atoms with Crippen molar-refractivity contribution >= 4 is 11.9 Å². The second-order valence-corrected chi connectivity index (χ2v) is 4.88. The third-order valence-electron chi connectivity index (χ3n) is 3.18. The molecule has 0 aliphatic heterocycles. The number of benzene rings is 1. The minimum atomic E-state index is -3.27. The van der Waals surface area contributed by atoms with Gasteiger partial charge in [-0.3, -0.25) is 4.79 Å². The van der Waals surface area contributed by atoms with Gasteiger partial charge in [-0.15, -0.1) is 0 Å². The lowest BCUT2D eigenvalue weighted by atomic mass is 9.93. The number of carbonyl (C=O) groups excluding carboxylic acids is 1. The lowest BCUT2D eigenvalue weighted by Crippen LogP contribution is -2.55. The summed E-state index contributed by atoms with van der Waals surface area (Å²) in [5.74, 6) is -2.64. The molecule has 0 amide bonds. The SMILES string of the molecule is NC(CCC(N)(C(=O)O)C(F)F)C(=O)OCc1ccccc1. The summed E-state index contributed by atoms with van der Waals surface area (Å²) in [5, 5.41) is 8.74. The standard InChI is InChI=1S/C14H18F2N2O4/c15-12(16)14(18,13(20)21)7-6-10(17)11(19)22-8-9-4-2-1-3-5-9/h1-5,10,12H,6-8,17-18H2,(H,20,21). The molecule has 0 saturated carbocycles. The molecule has 5 N–H and O–H groups in total. The van der Waals surface area contributed by atoms with Gasteiger partial charge in [0.25, 0.3) is 6.43 Å². The zero-order chi connectivity index (χ0) is 16.8. The van der Waals surface area contributed by atoms with Crippen molar-refractivity contribution in [2.75, 3.05) is 0 Å². The van der Waals surface area contributed by atoms with E-state index in [1.807, 2.05) is 0 Å². The molecule has 0 radical (unpaired) electrons. The monoisotopic (exact) mass is 316 g/mol. The van der Waals surface area contributed by atoms with E-state index in [0.29, 0.717) is 0 Å². The van der Waals surface area contributed by atoms with Gasteiger partial charge in [-0.05, 0) is 18.4 Å². The first-order valence-corrected chi connectivity index (χ1v) is 6.54. The fourth-order valence-electron chi connectivity index (χ4n) is 1.66. The molecule has 0 aliphatic carbocycles. The van der Waals surface area contributed by atoms with E-state index in [-0.39, 0.29) is 13.0 Å². The number of aliphatic carboxylic acids is 1. The van der Waals surface area contributed by atoms with Gasteiger partial charge in [0.05, 0.1) is 0 Å². The largest absolute Gasteiger partial charge is 0.480 e. The molecular formula is C14H18F2N2O4. The summed E-state index contributed by atoms with van der Waals surface area (Å²) < 4.78 is 30.3. The Morgan fingerprint density at radius 3 is 2.36 bits per heavy atom. The van der Waals surface area contributed by atoms with E-state index in [1.54, 1.807) is 30.3 Å². The molecule has 0 spiro atoms. The Morgan fingerprint density at radius 1 is 1.27 bits per heavy atom. The Balaban J connectivity index is 2.49. The molecule has 8 heteroatoms. The normalized spacial score (nSPS) is 15.1. The molecule has 22 heavy (non-hydrogen) atoms. The van der Waals surface area contributed by atoms with E-state index in [0.717, 1.165) is 5.56 Å². The van der Waals surface area contributed by atoms with E-state index >= 15 is 0 Å². The van der Waals surface area contributed by atoms with Gasteiger partial charge < -0.3 is 21.3 Å². The number of rotatable bonds is 8. The van der Waals surface area contributed by atoms with Gasteiger partial charge >= 0.3 is 11.9 Å². The first-order valence-electron chi connectivity index (χ1n) is 6.54. The van der Waals surface area contributed by atoms with Gasteiger partial charge in [0.15, 0.2) is 5.54 Å². The highest BCUT2D eigenvalue weighted by Crippen LogP contribution is 2.20. The van der Waals surface area contributed by atoms with Crippen LogP contribution in [0, 0.1) is 0 Å². The van der Waals surface area contributed by atoms with Gasteiger partial charge in [0, 0.05) is 0 Å². The molecule has 1 aromatic rings. The molecule has 1 aromatic carbocycles. The number of carboxylic acid groups (broad SMARTS) is 1. The number of nitrogens with two attached hydrogens (primary N) is 2. The summed E-state index contributed by atoms with van der Waals surface area (Å²) in [6.07, 6.45) is -4.22. The second-order valence-electron chi connectivity index (χ2n) is 4.88. The van der Waals surface area contributed by atoms with Crippen LogP contribution in [-0.2, 0) is 20.9 Å². The maximum atomic E-state index is 12.7. The van der Waals surface area contributed by atoms with Crippen molar-refractivity contribution in [1.82, 2.24) is 0 Å². The van der Waals surface area contributed by atoms with Gasteiger partial charge in [0.1, 0.15) is 12.6 Å². The predicted molar refractivity (Wildman–Crippen MR) is 74.0 cm³/mol. The highest BCUT2D eigenvalue weighted by atomic mass is 19.3. The summed E-state index contributed by atoms with van der Waals surface area (Å²) in [4.78, 5) is 22.4. The van der Waals surface area contributed by atoms with Crippen LogP contribution in [0.2, 0.25) is 0 Å². The Bertz CT molecular complexity index is 513. The van der Waals surface area contributed by atoms with Crippen molar-refractivity contribution in [2.24, 2.45) is 11.5 Å². The number of esters is 1. The average Bonchev–Trinajstić information content (AvgIpc) is 2.50. The van der Waals surface area contributed by atoms with E-state index in [4.69, 9.17) is 21.3 Å². The Hall–Kier alpha value is -2.06. The summed E-state index contributed by atoms with van der Waals surface area (Å²) in [7, 11) is 0. The molecule has 0 fully saturated rings. The van der Waals surface area contributed by atoms with Crippen LogP contribution in [0.15, 0.2) is 30.3 Å². The molecule has 0 aromatic heterocycles. The molecular weight excluding hydrogens is 298 g/mol. The van der Waals surface area contributed by atoms with E-state index < -0.39 is 36.4 Å². The molecule has 2 atom stereocenters. The van der Waals surface area contributed by atoms with Gasteiger partial charge in [0.2, 0.25) is 0 Å². The lowest BCUT2D eigenvalue weighted by molar-refractivity contribution is -0.152. The zero-order valence-electron chi connectivity index (χ0n) is 11.7. The minimum Gasteiger partial charge on any atom is -0.480 e. The fourth-order valence-corrected chi connectivity index (χ4v) is 1.66. The fraction of sp³-hybridized carbons (Fsp3) is 0.429. The number of carbonyl (C=O) groups is 2. The molecule has 122 valence electrons. The van der Waals surface area contributed by atoms with Gasteiger partial charge in [-0.25, -0.2) is 13.6 Å². The first kappa shape index (κ1) is 18.0. The third kappa shape index (κ3) is 4.74. The minimum absolute atomic E-state index is 0.00504. The summed E-state index contributed by atoms with van der Waals surface area (Å²) in [5.41, 5.74) is 8.68. The van der Waals surface area contributed by atoms with Crippen molar-refractivity contribution < 1.29 is 28.2 Å². The van der Waals surface area contributed by atoms with Crippen LogP contribution in [-0.4, -0.2) is 35.1 Å². The van der Waals surface area contributed by atoms with Crippen molar-refractivity contribution in [2.45, 2.75) is 37.5 Å². The Labute approximate surface area is 126 Å². The number of hydrogen-bond donors (Lipinski definition) is 3. The van der Waals surface area contributed by atoms with Crippen molar-refractivity contribution in [3.63, 3.8) is 0 Å². The number of carboxylic acids is 1. The van der Waals surface area contributed by atoms with Crippen LogP contribution in [0.5, 0.6) is 0 Å². The topological polar surface area (TPSA) is 116 Å². The smallest absolute Gasteiger partial charge is 0.329 e. The van der Waals surface area contributed by atoms with Crippen LogP contribution in [0.1, 0.15) is 18.4 Å². The molecule has 1 rings (SSSR count). The van der Waals surface area contributed by atoms with Crippen LogP contribution in [0.4, 0.5) is 8.78 Å². The highest BCUT2D eigenvalue weighted by molar-refractivity contribution is 5.79.